The van der Waals surface area contributed by atoms with Gasteiger partial charge in [0.2, 0.25) is 11.8 Å². The average Bonchev–Trinajstić information content (AvgIpc) is 3.65. The molecule has 1 aromatic carbocycles. The number of Topliss-reactive ketones (excluding diaryl/α,β-unsaturated/α-hetero) is 1. The highest BCUT2D eigenvalue weighted by Gasteiger charge is 2.51. The van der Waals surface area contributed by atoms with Crippen LogP contribution in [0.5, 0.6) is 0 Å². The number of hydrogen-bond donors (Lipinski definition) is 1. The molecule has 10 nitrogen and oxygen atoms in total. The summed E-state index contributed by atoms with van der Waals surface area (Å²) in [6.45, 7) is 7.05. The summed E-state index contributed by atoms with van der Waals surface area (Å²) in [4.78, 5) is 54.8. The monoisotopic (exact) mass is 615 g/mol. The largest absolute Gasteiger partial charge is 0.326 e. The van der Waals surface area contributed by atoms with E-state index < -0.39 is 6.04 Å². The normalized spacial score (nSPS) is 19.6. The highest BCUT2D eigenvalue weighted by molar-refractivity contribution is 9.10. The molecule has 0 radical (unpaired) electrons. The van der Waals surface area contributed by atoms with Crippen molar-refractivity contribution in [3.05, 3.63) is 63.9 Å². The Morgan fingerprint density at radius 1 is 1.02 bits per heavy atom. The Bertz CT molecular complexity index is 1720. The Morgan fingerprint density at radius 2 is 1.78 bits per heavy atom. The molecule has 1 saturated carbocycles. The van der Waals surface area contributed by atoms with Gasteiger partial charge in [-0.3, -0.25) is 19.1 Å². The molecule has 4 aromatic rings. The second kappa shape index (κ2) is 10.4. The summed E-state index contributed by atoms with van der Waals surface area (Å²) in [5, 5.41) is 8.24. The maximum Gasteiger partial charge on any atom is 0.248 e. The molecule has 2 aliphatic rings. The van der Waals surface area contributed by atoms with Crippen LogP contribution in [0, 0.1) is 26.7 Å². The number of anilines is 1. The number of halogens is 1. The van der Waals surface area contributed by atoms with Gasteiger partial charge in [-0.05, 0) is 96.8 Å². The number of amides is 2. The van der Waals surface area contributed by atoms with E-state index in [0.717, 1.165) is 47.0 Å². The fraction of sp³-hybridized carbons (Fsp3) is 0.367. The van der Waals surface area contributed by atoms with Crippen LogP contribution in [0.1, 0.15) is 53.6 Å². The first-order valence-electron chi connectivity index (χ1n) is 13.7. The molecule has 1 aliphatic carbocycles. The second-order valence-corrected chi connectivity index (χ2v) is 11.8. The van der Waals surface area contributed by atoms with Crippen LogP contribution in [0.25, 0.3) is 22.0 Å². The van der Waals surface area contributed by atoms with Gasteiger partial charge in [-0.15, -0.1) is 0 Å². The smallest absolute Gasteiger partial charge is 0.248 e. The van der Waals surface area contributed by atoms with Gasteiger partial charge < -0.3 is 10.2 Å². The van der Waals surface area contributed by atoms with Crippen LogP contribution in [-0.2, 0) is 16.1 Å². The van der Waals surface area contributed by atoms with E-state index in [4.69, 9.17) is 0 Å². The summed E-state index contributed by atoms with van der Waals surface area (Å²) in [5.74, 6) is 0.648. The zero-order valence-corrected chi connectivity index (χ0v) is 24.9. The van der Waals surface area contributed by atoms with Crippen molar-refractivity contribution in [3.8, 4) is 11.1 Å². The lowest BCUT2D eigenvalue weighted by Crippen LogP contribution is -2.52. The molecule has 41 heavy (non-hydrogen) atoms. The van der Waals surface area contributed by atoms with E-state index in [2.05, 4.69) is 41.3 Å². The number of likely N-dealkylation sites (tertiary alicyclic amines) is 1. The second-order valence-electron chi connectivity index (χ2n) is 11.0. The maximum atomic E-state index is 13.9. The molecular formula is C30H30BrN7O3. The molecule has 6 rings (SSSR count). The van der Waals surface area contributed by atoms with E-state index in [1.54, 1.807) is 22.0 Å². The van der Waals surface area contributed by atoms with Crippen molar-refractivity contribution >= 4 is 50.2 Å². The highest BCUT2D eigenvalue weighted by Crippen LogP contribution is 2.43. The number of carbonyl (C=O) groups is 3. The first-order valence-corrected chi connectivity index (χ1v) is 14.5. The number of aromatic nitrogens is 5. The van der Waals surface area contributed by atoms with Crippen LogP contribution in [-0.4, -0.2) is 59.3 Å². The van der Waals surface area contributed by atoms with Crippen molar-refractivity contribution in [2.75, 3.05) is 5.32 Å². The van der Waals surface area contributed by atoms with Gasteiger partial charge in [-0.2, -0.15) is 5.10 Å². The third kappa shape index (κ3) is 4.92. The number of ketones is 1. The SMILES string of the molecule is CC(=O)c1nn(CC(=O)N2[C@H]3CC[C@H](C3)[C@H]2C(=O)Nc2nc(Br)ccc2C)c2c(C)cc(-c3cnc(C)nc3)cc12. The third-order valence-electron chi connectivity index (χ3n) is 8.21. The van der Waals surface area contributed by atoms with Gasteiger partial charge in [0.15, 0.2) is 5.78 Å². The first kappa shape index (κ1) is 27.2. The summed E-state index contributed by atoms with van der Waals surface area (Å²) in [7, 11) is 0. The van der Waals surface area contributed by atoms with Crippen molar-refractivity contribution in [2.45, 2.75) is 65.6 Å². The van der Waals surface area contributed by atoms with Gasteiger partial charge >= 0.3 is 0 Å². The van der Waals surface area contributed by atoms with Gasteiger partial charge in [0, 0.05) is 36.3 Å². The van der Waals surface area contributed by atoms with E-state index >= 15 is 0 Å². The lowest BCUT2D eigenvalue weighted by atomic mass is 9.97. The van der Waals surface area contributed by atoms with Gasteiger partial charge in [-0.1, -0.05) is 6.07 Å². The molecule has 2 bridgehead atoms. The standard InChI is InChI=1S/C30H30BrN7O3/c1-15-5-8-24(31)34-29(15)35-30(41)28-19-6-7-22(10-19)38(28)25(40)14-37-27-16(2)9-20(21-12-32-18(4)33-13-21)11-23(27)26(36-37)17(3)39/h5,8-9,11-13,19,22,28H,6-7,10,14H2,1-4H3,(H,34,35,41)/t19-,22+,28+/m1/s1. The summed E-state index contributed by atoms with van der Waals surface area (Å²) in [6, 6.07) is 7.02. The molecule has 3 atom stereocenters. The van der Waals surface area contributed by atoms with Crippen molar-refractivity contribution in [3.63, 3.8) is 0 Å². The summed E-state index contributed by atoms with van der Waals surface area (Å²) in [5.41, 5.74) is 4.44. The lowest BCUT2D eigenvalue weighted by molar-refractivity contribution is -0.141. The lowest BCUT2D eigenvalue weighted by Gasteiger charge is -2.34. The van der Waals surface area contributed by atoms with Crippen LogP contribution in [0.3, 0.4) is 0 Å². The predicted molar refractivity (Wildman–Crippen MR) is 157 cm³/mol. The summed E-state index contributed by atoms with van der Waals surface area (Å²) >= 11 is 3.37. The van der Waals surface area contributed by atoms with Gasteiger partial charge in [0.1, 0.15) is 34.5 Å². The molecular weight excluding hydrogens is 586 g/mol. The van der Waals surface area contributed by atoms with Crippen LogP contribution in [0.2, 0.25) is 0 Å². The first-order chi connectivity index (χ1) is 19.6. The molecule has 2 amide bonds. The third-order valence-corrected chi connectivity index (χ3v) is 8.66. The Labute approximate surface area is 245 Å². The molecule has 0 spiro atoms. The molecule has 1 aliphatic heterocycles. The molecule has 11 heteroatoms. The Kier molecular flexibility index (Phi) is 6.93. The van der Waals surface area contributed by atoms with E-state index in [1.807, 2.05) is 45.0 Å². The molecule has 1 N–H and O–H groups in total. The van der Waals surface area contributed by atoms with E-state index in [9.17, 15) is 14.4 Å². The number of nitrogens with one attached hydrogen (secondary N) is 1. The Hall–Kier alpha value is -3.99. The molecule has 2 fully saturated rings. The number of carbonyl (C=O) groups excluding carboxylic acids is 3. The molecule has 210 valence electrons. The Morgan fingerprint density at radius 3 is 2.51 bits per heavy atom. The summed E-state index contributed by atoms with van der Waals surface area (Å²) in [6.07, 6.45) is 6.08. The number of nitrogens with zero attached hydrogens (tertiary/aromatic N) is 6. The van der Waals surface area contributed by atoms with Crippen LogP contribution < -0.4 is 5.32 Å². The quantitative estimate of drug-likeness (QED) is 0.244. The summed E-state index contributed by atoms with van der Waals surface area (Å²) < 4.78 is 2.24. The number of piperidine rings is 1. The van der Waals surface area contributed by atoms with Gasteiger partial charge in [0.25, 0.3) is 0 Å². The topological polar surface area (TPSA) is 123 Å². The highest BCUT2D eigenvalue weighted by atomic mass is 79.9. The van der Waals surface area contributed by atoms with E-state index in [1.165, 1.54) is 6.92 Å². The molecule has 3 aromatic heterocycles. The van der Waals surface area contributed by atoms with E-state index in [0.29, 0.717) is 27.3 Å². The van der Waals surface area contributed by atoms with Gasteiger partial charge in [0.05, 0.1) is 5.52 Å². The predicted octanol–water partition coefficient (Wildman–Crippen LogP) is 4.80. The minimum absolute atomic E-state index is 0.00292. The zero-order chi connectivity index (χ0) is 29.0. The van der Waals surface area contributed by atoms with Crippen molar-refractivity contribution in [1.82, 2.24) is 29.6 Å². The Balaban J connectivity index is 1.32. The van der Waals surface area contributed by atoms with Crippen LogP contribution >= 0.6 is 15.9 Å². The number of fused-ring (bicyclic) bond motifs is 3. The van der Waals surface area contributed by atoms with Crippen molar-refractivity contribution < 1.29 is 14.4 Å². The number of aryl methyl sites for hydroxylation is 3. The minimum atomic E-state index is -0.579. The number of rotatable bonds is 6. The number of benzene rings is 1. The van der Waals surface area contributed by atoms with Gasteiger partial charge in [-0.25, -0.2) is 15.0 Å². The average molecular weight is 617 g/mol. The van der Waals surface area contributed by atoms with Crippen LogP contribution in [0.4, 0.5) is 5.82 Å². The molecule has 1 saturated heterocycles. The number of pyridine rings is 1. The van der Waals surface area contributed by atoms with Crippen LogP contribution in [0.15, 0.2) is 41.3 Å². The van der Waals surface area contributed by atoms with Crippen molar-refractivity contribution in [1.29, 1.82) is 0 Å². The fourth-order valence-electron chi connectivity index (χ4n) is 6.33. The minimum Gasteiger partial charge on any atom is -0.326 e. The maximum absolute atomic E-state index is 13.9. The molecule has 4 heterocycles. The van der Waals surface area contributed by atoms with Crippen molar-refractivity contribution in [2.24, 2.45) is 5.92 Å². The fourth-order valence-corrected chi connectivity index (χ4v) is 6.64. The molecule has 0 unspecified atom stereocenters. The number of hydrogen-bond acceptors (Lipinski definition) is 7. The zero-order valence-electron chi connectivity index (χ0n) is 23.3. The van der Waals surface area contributed by atoms with E-state index in [-0.39, 0.29) is 36.1 Å².